The van der Waals surface area contributed by atoms with Crippen LogP contribution < -0.4 is 4.13 Å². The van der Waals surface area contributed by atoms with E-state index in [4.69, 9.17) is 4.74 Å². The number of alkyl halides is 6. The van der Waals surface area contributed by atoms with E-state index >= 15 is 0 Å². The van der Waals surface area contributed by atoms with Crippen LogP contribution in [0.1, 0.15) is 137 Å². The summed E-state index contributed by atoms with van der Waals surface area (Å²) in [4.78, 5) is 12.8. The van der Waals surface area contributed by atoms with Crippen LogP contribution >= 0.6 is 7.26 Å². The first-order chi connectivity index (χ1) is 20.8. The molecule has 0 bridgehead atoms. The van der Waals surface area contributed by atoms with Gasteiger partial charge in [-0.1, -0.05) is 4.13 Å². The molecule has 0 aliphatic rings. The van der Waals surface area contributed by atoms with Crippen LogP contribution in [0.25, 0.3) is 0 Å². The van der Waals surface area contributed by atoms with Gasteiger partial charge in [-0.2, -0.15) is 26.3 Å². The van der Waals surface area contributed by atoms with Gasteiger partial charge in [-0.15, -0.1) is 0 Å². The third-order valence-corrected chi connectivity index (χ3v) is 15.8. The molecule has 0 amide bonds. The Morgan fingerprint density at radius 3 is 1.18 bits per heavy atom. The molecule has 0 aliphatic heterocycles. The molecule has 7 nitrogen and oxygen atoms in total. The summed E-state index contributed by atoms with van der Waals surface area (Å²) in [6.45, 7) is 9.76. The largest absolute Gasteiger partial charge is 0.512 e. The second-order valence-electron chi connectivity index (χ2n) is 11.7. The fourth-order valence-electron chi connectivity index (χ4n) is 4.91. The van der Waals surface area contributed by atoms with E-state index in [-0.39, 0.29) is 5.97 Å². The van der Waals surface area contributed by atoms with Gasteiger partial charge in [0.1, 0.15) is 0 Å². The fraction of sp³-hybridized carbons (Fsp3) is 0.966. The van der Waals surface area contributed by atoms with Crippen molar-refractivity contribution in [2.24, 2.45) is 0 Å². The van der Waals surface area contributed by atoms with E-state index in [9.17, 15) is 48.0 Å². The molecule has 0 unspecified atom stereocenters. The average molecular weight is 726 g/mol. The van der Waals surface area contributed by atoms with Gasteiger partial charge in [0.05, 0.1) is 0 Å². The first kappa shape index (κ1) is 46.5. The Balaban J connectivity index is 0. The zero-order valence-electron chi connectivity index (χ0n) is 27.6. The minimum absolute atomic E-state index is 0.138. The summed E-state index contributed by atoms with van der Waals surface area (Å²) in [7, 11) is -14.8. The van der Waals surface area contributed by atoms with E-state index in [2.05, 4.69) is 27.7 Å². The number of nitrogens with one attached hydrogen (secondary N) is 1. The molecule has 0 fully saturated rings. The quantitative estimate of drug-likeness (QED) is 0.0435. The van der Waals surface area contributed by atoms with Crippen LogP contribution in [-0.4, -0.2) is 65.1 Å². The van der Waals surface area contributed by atoms with Gasteiger partial charge < -0.3 is 0 Å². The van der Waals surface area contributed by atoms with Crippen molar-refractivity contribution in [2.75, 3.05) is 31.3 Å². The molecular weight excluding hydrogens is 667 g/mol. The normalized spacial score (nSPS) is 13.3. The Morgan fingerprint density at radius 2 is 0.867 bits per heavy atom. The molecule has 0 radical (unpaired) electrons. The maximum atomic E-state index is 12.8. The topological polar surface area (TPSA) is 107 Å². The molecule has 16 heteroatoms. The number of rotatable bonds is 25. The summed E-state index contributed by atoms with van der Waals surface area (Å²) in [6.07, 6.45) is 26.9. The van der Waals surface area contributed by atoms with Crippen molar-refractivity contribution in [2.45, 2.75) is 148 Å². The molecule has 0 saturated carbocycles. The minimum Gasteiger partial charge on any atom is -0.202 e. The Kier molecular flexibility index (Phi) is 25.3. The zero-order chi connectivity index (χ0) is 35.0. The maximum Gasteiger partial charge on any atom is 0.512 e. The molecule has 0 heterocycles. The van der Waals surface area contributed by atoms with Crippen LogP contribution in [0, 0.1) is 0 Å². The third kappa shape index (κ3) is 22.5. The molecule has 0 atom stereocenters. The first-order valence-electron chi connectivity index (χ1n) is 16.4. The van der Waals surface area contributed by atoms with Gasteiger partial charge in [0.25, 0.3) is 0 Å². The molecule has 0 aliphatic carbocycles. The average Bonchev–Trinajstić information content (AvgIpc) is 2.92. The van der Waals surface area contributed by atoms with E-state index in [1.54, 1.807) is 0 Å². The van der Waals surface area contributed by atoms with Crippen LogP contribution in [0.15, 0.2) is 0 Å². The Labute approximate surface area is 268 Å². The number of ether oxygens (including phenoxy) is 1. The van der Waals surface area contributed by atoms with Crippen molar-refractivity contribution in [1.29, 1.82) is 0 Å². The van der Waals surface area contributed by atoms with Crippen molar-refractivity contribution in [3.63, 3.8) is 0 Å². The van der Waals surface area contributed by atoms with Crippen molar-refractivity contribution in [1.82, 2.24) is 4.13 Å². The summed E-state index contributed by atoms with van der Waals surface area (Å²) >= 11 is 0. The number of carbonyl (C=O) groups is 1. The first-order valence-corrected chi connectivity index (χ1v) is 22.2. The molecule has 45 heavy (non-hydrogen) atoms. The molecule has 0 rings (SSSR count). The predicted octanol–water partition coefficient (Wildman–Crippen LogP) is 9.27. The predicted molar refractivity (Wildman–Crippen MR) is 173 cm³/mol. The van der Waals surface area contributed by atoms with E-state index in [1.807, 2.05) is 0 Å². The second-order valence-corrected chi connectivity index (χ2v) is 20.2. The van der Waals surface area contributed by atoms with Crippen LogP contribution in [0.5, 0.6) is 0 Å². The summed E-state index contributed by atoms with van der Waals surface area (Å²) in [6, 6.07) is 0. The van der Waals surface area contributed by atoms with Gasteiger partial charge in [0, 0.05) is 0 Å². The van der Waals surface area contributed by atoms with Gasteiger partial charge in [0.2, 0.25) is 0 Å². The van der Waals surface area contributed by atoms with Crippen LogP contribution in [0.2, 0.25) is 0 Å². The summed E-state index contributed by atoms with van der Waals surface area (Å²) in [5, 5.41) is 0. The minimum atomic E-state index is -6.60. The van der Waals surface area contributed by atoms with Crippen LogP contribution in [0.4, 0.5) is 26.3 Å². The molecule has 0 saturated heterocycles. The number of hydrogen-bond acceptors (Lipinski definition) is 6. The molecular formula is C29H58F6NO6PS2. The number of halogens is 6. The van der Waals surface area contributed by atoms with Gasteiger partial charge in [0.15, 0.2) is 0 Å². The van der Waals surface area contributed by atoms with E-state index < -0.39 is 42.5 Å². The third-order valence-electron chi connectivity index (χ3n) is 7.54. The van der Waals surface area contributed by atoms with Crippen molar-refractivity contribution in [3.05, 3.63) is 0 Å². The number of unbranched alkanes of at least 4 members (excludes halogenated alkanes) is 13. The van der Waals surface area contributed by atoms with Gasteiger partial charge in [-0.3, -0.25) is 0 Å². The standard InChI is InChI=1S/C27H57O2P.C2HF6NO4S2/c1-5-9-13-17-18-22-29-27(28)26-30(23-19-14-10-6-2,24-20-15-11-7-3)25-21-16-12-8-4;3-1(4,5)14(10,11)9-15(12,13)2(6,7)8/h30H,5-26H2,1-4H3;9H. The number of hydrogen-bond donors (Lipinski definition) is 1. The SMILES string of the molecule is CCCCCCCOC(=O)C[PH](CCCCCC)(CCCCCC)CCCCCC.O=S(=O)(NS(=O)(=O)C(F)(F)F)C(F)(F)F. The second kappa shape index (κ2) is 24.5. The van der Waals surface area contributed by atoms with Gasteiger partial charge in [-0.25, -0.2) is 16.8 Å². The van der Waals surface area contributed by atoms with Gasteiger partial charge >= 0.3 is 222 Å². The van der Waals surface area contributed by atoms with E-state index in [0.29, 0.717) is 6.61 Å². The fourth-order valence-corrected chi connectivity index (χ4v) is 11.8. The Hall–Kier alpha value is -0.660. The monoisotopic (exact) mass is 725 g/mol. The van der Waals surface area contributed by atoms with Crippen LogP contribution in [0.3, 0.4) is 0 Å². The smallest absolute Gasteiger partial charge is 0.202 e. The van der Waals surface area contributed by atoms with Gasteiger partial charge in [-0.05, 0) is 0 Å². The number of carbonyl (C=O) groups excluding carboxylic acids is 1. The van der Waals surface area contributed by atoms with Crippen molar-refractivity contribution in [3.8, 4) is 0 Å². The summed E-state index contributed by atoms with van der Waals surface area (Å²) < 4.78 is 114. The van der Waals surface area contributed by atoms with E-state index in [1.165, 1.54) is 121 Å². The number of sulfonamides is 2. The van der Waals surface area contributed by atoms with Crippen molar-refractivity contribution >= 4 is 33.3 Å². The summed E-state index contributed by atoms with van der Waals surface area (Å²) in [5.74, 6) is 0.138. The number of esters is 1. The molecule has 274 valence electrons. The molecule has 0 aromatic carbocycles. The van der Waals surface area contributed by atoms with E-state index in [0.717, 1.165) is 12.6 Å². The summed E-state index contributed by atoms with van der Waals surface area (Å²) in [5.41, 5.74) is -12.3. The van der Waals surface area contributed by atoms with Crippen molar-refractivity contribution < 1.29 is 52.7 Å². The molecule has 1 N–H and O–H groups in total. The molecule has 0 spiro atoms. The molecule has 0 aromatic rings. The molecule has 0 aromatic heterocycles. The maximum absolute atomic E-state index is 12.8. The Morgan fingerprint density at radius 1 is 0.556 bits per heavy atom. The van der Waals surface area contributed by atoms with Crippen LogP contribution in [-0.2, 0) is 29.6 Å². The zero-order valence-corrected chi connectivity index (χ0v) is 30.2. The Bertz CT molecular complexity index is 903.